The van der Waals surface area contributed by atoms with Crippen LogP contribution in [0, 0.1) is 17.5 Å². The summed E-state index contributed by atoms with van der Waals surface area (Å²) in [4.78, 5) is 24.1. The van der Waals surface area contributed by atoms with E-state index in [1.54, 1.807) is 30.7 Å². The highest BCUT2D eigenvalue weighted by Crippen LogP contribution is 2.26. The van der Waals surface area contributed by atoms with Gasteiger partial charge >= 0.3 is 0 Å². The van der Waals surface area contributed by atoms with E-state index in [9.17, 15) is 22.8 Å². The SMILES string of the molecule is CC(Sc1nnc(-c2ccco2)n1C)C(=O)NCC(=O)Nc1ccc(F)c(F)c1F. The van der Waals surface area contributed by atoms with Crippen LogP contribution in [-0.4, -0.2) is 38.4 Å². The molecule has 0 saturated carbocycles. The van der Waals surface area contributed by atoms with E-state index in [0.717, 1.165) is 17.8 Å². The van der Waals surface area contributed by atoms with Gasteiger partial charge in [-0.05, 0) is 31.2 Å². The van der Waals surface area contributed by atoms with Crippen LogP contribution >= 0.6 is 11.8 Å². The van der Waals surface area contributed by atoms with E-state index >= 15 is 0 Å². The number of rotatable bonds is 7. The molecular weight excluding hydrogens is 423 g/mol. The van der Waals surface area contributed by atoms with Crippen LogP contribution in [0.4, 0.5) is 18.9 Å². The van der Waals surface area contributed by atoms with Crippen molar-refractivity contribution in [3.8, 4) is 11.6 Å². The lowest BCUT2D eigenvalue weighted by Gasteiger charge is -2.12. The molecule has 0 radical (unpaired) electrons. The quantitative estimate of drug-likeness (QED) is 0.434. The van der Waals surface area contributed by atoms with E-state index in [1.807, 2.05) is 0 Å². The van der Waals surface area contributed by atoms with E-state index in [4.69, 9.17) is 4.42 Å². The first kappa shape index (κ1) is 21.4. The summed E-state index contributed by atoms with van der Waals surface area (Å²) in [5.41, 5.74) is -0.528. The van der Waals surface area contributed by atoms with Gasteiger partial charge < -0.3 is 19.6 Å². The number of hydrogen-bond donors (Lipinski definition) is 2. The molecular formula is C18H16F3N5O3S. The second-order valence-corrected chi connectivity index (χ2v) is 7.40. The standard InChI is InChI=1S/C18H16F3N5O3S/c1-9(30-18-25-24-16(26(18)2)12-4-3-7-29-12)17(28)22-8-13(27)23-11-6-5-10(19)14(20)15(11)21/h3-7,9H,8H2,1-2H3,(H,22,28)(H,23,27). The van der Waals surface area contributed by atoms with Gasteiger partial charge in [-0.15, -0.1) is 10.2 Å². The Morgan fingerprint density at radius 2 is 1.97 bits per heavy atom. The van der Waals surface area contributed by atoms with Gasteiger partial charge in [-0.1, -0.05) is 11.8 Å². The second kappa shape index (κ2) is 9.03. The number of hydrogen-bond acceptors (Lipinski definition) is 6. The Labute approximate surface area is 172 Å². The average Bonchev–Trinajstić information content (AvgIpc) is 3.37. The molecule has 2 aromatic heterocycles. The van der Waals surface area contributed by atoms with Crippen LogP contribution in [0.5, 0.6) is 0 Å². The fourth-order valence-electron chi connectivity index (χ4n) is 2.38. The van der Waals surface area contributed by atoms with Crippen molar-refractivity contribution in [2.75, 3.05) is 11.9 Å². The summed E-state index contributed by atoms with van der Waals surface area (Å²) >= 11 is 1.11. The van der Waals surface area contributed by atoms with E-state index in [-0.39, 0.29) is 0 Å². The van der Waals surface area contributed by atoms with Gasteiger partial charge in [0.05, 0.1) is 23.7 Å². The predicted octanol–water partition coefficient (Wildman–Crippen LogP) is 2.73. The van der Waals surface area contributed by atoms with E-state index in [1.165, 1.54) is 6.26 Å². The van der Waals surface area contributed by atoms with Crippen molar-refractivity contribution in [1.82, 2.24) is 20.1 Å². The molecule has 0 saturated heterocycles. The van der Waals surface area contributed by atoms with Crippen molar-refractivity contribution in [3.63, 3.8) is 0 Å². The largest absolute Gasteiger partial charge is 0.461 e. The number of aromatic nitrogens is 3. The zero-order valence-corrected chi connectivity index (χ0v) is 16.6. The van der Waals surface area contributed by atoms with Gasteiger partial charge in [0.2, 0.25) is 11.8 Å². The van der Waals surface area contributed by atoms with Crippen LogP contribution in [0.25, 0.3) is 11.6 Å². The van der Waals surface area contributed by atoms with E-state index in [0.29, 0.717) is 22.8 Å². The minimum absolute atomic E-state index is 0.456. The summed E-state index contributed by atoms with van der Waals surface area (Å²) in [6.07, 6.45) is 1.50. The lowest BCUT2D eigenvalue weighted by Crippen LogP contribution is -2.37. The topological polar surface area (TPSA) is 102 Å². The zero-order valence-electron chi connectivity index (χ0n) is 15.8. The zero-order chi connectivity index (χ0) is 21.8. The van der Waals surface area contributed by atoms with Crippen LogP contribution in [0.1, 0.15) is 6.92 Å². The maximum Gasteiger partial charge on any atom is 0.243 e. The second-order valence-electron chi connectivity index (χ2n) is 6.09. The molecule has 12 heteroatoms. The molecule has 8 nitrogen and oxygen atoms in total. The normalized spacial score (nSPS) is 11.9. The number of nitrogens with zero attached hydrogens (tertiary/aromatic N) is 3. The molecule has 30 heavy (non-hydrogen) atoms. The summed E-state index contributed by atoms with van der Waals surface area (Å²) in [5, 5.41) is 12.3. The van der Waals surface area contributed by atoms with Crippen LogP contribution in [0.3, 0.4) is 0 Å². The molecule has 2 amide bonds. The van der Waals surface area contributed by atoms with Crippen molar-refractivity contribution in [2.24, 2.45) is 7.05 Å². The van der Waals surface area contributed by atoms with Crippen LogP contribution in [0.2, 0.25) is 0 Å². The van der Waals surface area contributed by atoms with Crippen molar-refractivity contribution >= 4 is 29.3 Å². The van der Waals surface area contributed by atoms with Gasteiger partial charge in [0.15, 0.2) is 34.2 Å². The molecule has 0 aliphatic carbocycles. The number of thioether (sulfide) groups is 1. The molecule has 1 unspecified atom stereocenters. The smallest absolute Gasteiger partial charge is 0.243 e. The Hall–Kier alpha value is -3.28. The summed E-state index contributed by atoms with van der Waals surface area (Å²) in [5.74, 6) is -4.86. The Morgan fingerprint density at radius 3 is 2.67 bits per heavy atom. The lowest BCUT2D eigenvalue weighted by atomic mass is 10.2. The Morgan fingerprint density at radius 1 is 1.20 bits per heavy atom. The van der Waals surface area contributed by atoms with Gasteiger partial charge in [-0.3, -0.25) is 9.59 Å². The number of carbonyl (C=O) groups is 2. The van der Waals surface area contributed by atoms with E-state index < -0.39 is 46.7 Å². The van der Waals surface area contributed by atoms with Crippen LogP contribution in [0.15, 0.2) is 40.1 Å². The highest BCUT2D eigenvalue weighted by molar-refractivity contribution is 8.00. The van der Waals surface area contributed by atoms with Gasteiger partial charge in [0, 0.05) is 7.05 Å². The third-order valence-electron chi connectivity index (χ3n) is 3.96. The number of anilines is 1. The third kappa shape index (κ3) is 4.64. The fraction of sp³-hybridized carbons (Fsp3) is 0.222. The minimum Gasteiger partial charge on any atom is -0.461 e. The van der Waals surface area contributed by atoms with Crippen LogP contribution < -0.4 is 10.6 Å². The molecule has 3 aromatic rings. The molecule has 0 aliphatic heterocycles. The number of carbonyl (C=O) groups excluding carboxylic acids is 2. The number of nitrogens with one attached hydrogen (secondary N) is 2. The summed E-state index contributed by atoms with van der Waals surface area (Å²) in [7, 11) is 1.72. The van der Waals surface area contributed by atoms with Crippen molar-refractivity contribution in [2.45, 2.75) is 17.3 Å². The highest BCUT2D eigenvalue weighted by atomic mass is 32.2. The first-order chi connectivity index (χ1) is 14.3. The van der Waals surface area contributed by atoms with Gasteiger partial charge in [0.25, 0.3) is 0 Å². The fourth-order valence-corrected chi connectivity index (χ4v) is 3.22. The average molecular weight is 439 g/mol. The first-order valence-corrected chi connectivity index (χ1v) is 9.47. The van der Waals surface area contributed by atoms with Crippen molar-refractivity contribution in [3.05, 3.63) is 48.0 Å². The molecule has 3 rings (SSSR count). The molecule has 0 fully saturated rings. The molecule has 0 aliphatic rings. The van der Waals surface area contributed by atoms with Crippen molar-refractivity contribution in [1.29, 1.82) is 0 Å². The van der Waals surface area contributed by atoms with Gasteiger partial charge in [-0.2, -0.15) is 0 Å². The molecule has 158 valence electrons. The first-order valence-electron chi connectivity index (χ1n) is 8.59. The third-order valence-corrected chi connectivity index (χ3v) is 5.09. The molecule has 1 atom stereocenters. The number of furan rings is 1. The van der Waals surface area contributed by atoms with Gasteiger partial charge in [0.1, 0.15) is 0 Å². The number of benzene rings is 1. The molecule has 1 aromatic carbocycles. The summed E-state index contributed by atoms with van der Waals surface area (Å²) in [6.45, 7) is 1.12. The summed E-state index contributed by atoms with van der Waals surface area (Å²) < 4.78 is 46.7. The summed E-state index contributed by atoms with van der Waals surface area (Å²) in [6, 6.07) is 5.01. The number of halogens is 3. The highest BCUT2D eigenvalue weighted by Gasteiger charge is 2.21. The maximum absolute atomic E-state index is 13.6. The Bertz CT molecular complexity index is 1070. The molecule has 0 spiro atoms. The van der Waals surface area contributed by atoms with Gasteiger partial charge in [-0.25, -0.2) is 13.2 Å². The Balaban J connectivity index is 1.54. The van der Waals surface area contributed by atoms with Crippen LogP contribution in [-0.2, 0) is 16.6 Å². The minimum atomic E-state index is -1.69. The predicted molar refractivity (Wildman–Crippen MR) is 102 cm³/mol. The molecule has 0 bridgehead atoms. The number of amides is 2. The Kier molecular flexibility index (Phi) is 6.45. The van der Waals surface area contributed by atoms with Crippen molar-refractivity contribution < 1.29 is 27.2 Å². The molecule has 2 N–H and O–H groups in total. The lowest BCUT2D eigenvalue weighted by molar-refractivity contribution is -0.123. The monoisotopic (exact) mass is 439 g/mol. The maximum atomic E-state index is 13.6. The van der Waals surface area contributed by atoms with E-state index in [2.05, 4.69) is 20.8 Å². The molecule has 2 heterocycles.